The minimum atomic E-state index is -0.888. The lowest BCUT2D eigenvalue weighted by Crippen LogP contribution is -2.55. The van der Waals surface area contributed by atoms with Gasteiger partial charge < -0.3 is 15.7 Å². The second-order valence-corrected chi connectivity index (χ2v) is 5.87. The van der Waals surface area contributed by atoms with Crippen LogP contribution in [0, 0.1) is 0 Å². The van der Waals surface area contributed by atoms with E-state index in [9.17, 15) is 9.90 Å². The minimum Gasteiger partial charge on any atom is -0.478 e. The van der Waals surface area contributed by atoms with Crippen molar-refractivity contribution < 1.29 is 9.90 Å². The van der Waals surface area contributed by atoms with E-state index in [-0.39, 0.29) is 0 Å². The molecule has 2 fully saturated rings. The van der Waals surface area contributed by atoms with Crippen LogP contribution in [-0.2, 0) is 0 Å². The van der Waals surface area contributed by atoms with Gasteiger partial charge in [0.05, 0.1) is 11.3 Å². The van der Waals surface area contributed by atoms with E-state index in [1.54, 1.807) is 18.2 Å². The van der Waals surface area contributed by atoms with Crippen LogP contribution >= 0.6 is 0 Å². The molecule has 2 heterocycles. The number of anilines is 2. The summed E-state index contributed by atoms with van der Waals surface area (Å²) in [7, 11) is 0. The van der Waals surface area contributed by atoms with E-state index in [1.807, 2.05) is 0 Å². The molecule has 1 aromatic carbocycles. The largest absolute Gasteiger partial charge is 0.478 e. The molecule has 0 saturated carbocycles. The van der Waals surface area contributed by atoms with Crippen molar-refractivity contribution in [1.29, 1.82) is 0 Å². The Morgan fingerprint density at radius 3 is 2.95 bits per heavy atom. The third-order valence-corrected chi connectivity index (χ3v) is 4.50. The Morgan fingerprint density at radius 2 is 2.20 bits per heavy atom. The van der Waals surface area contributed by atoms with Gasteiger partial charge in [-0.2, -0.15) is 0 Å². The third kappa shape index (κ3) is 2.22. The van der Waals surface area contributed by atoms with Crippen LogP contribution in [0.3, 0.4) is 0 Å². The van der Waals surface area contributed by atoms with Gasteiger partial charge in [-0.1, -0.05) is 0 Å². The normalized spacial score (nSPS) is 26.6. The van der Waals surface area contributed by atoms with Gasteiger partial charge in [-0.3, -0.25) is 4.90 Å². The van der Waals surface area contributed by atoms with Crippen molar-refractivity contribution in [2.75, 3.05) is 30.3 Å². The SMILES string of the molecule is CC1CN2CCCC2CN1c1cc(N)ccc1C(=O)O. The molecule has 3 rings (SSSR count). The number of carboxylic acid groups (broad SMARTS) is 1. The number of benzene rings is 1. The highest BCUT2D eigenvalue weighted by atomic mass is 16.4. The predicted molar refractivity (Wildman–Crippen MR) is 79.2 cm³/mol. The molecule has 5 nitrogen and oxygen atoms in total. The standard InChI is InChI=1S/C15H21N3O2/c1-10-8-17-6-2-3-12(17)9-18(10)14-7-11(16)4-5-13(14)15(19)20/h4-5,7,10,12H,2-3,6,8-9,16H2,1H3,(H,19,20). The lowest BCUT2D eigenvalue weighted by Gasteiger charge is -2.44. The van der Waals surface area contributed by atoms with E-state index in [4.69, 9.17) is 5.73 Å². The Bertz CT molecular complexity index is 532. The van der Waals surface area contributed by atoms with Gasteiger partial charge in [0.1, 0.15) is 0 Å². The van der Waals surface area contributed by atoms with Gasteiger partial charge in [0.15, 0.2) is 0 Å². The number of aromatic carboxylic acids is 1. The van der Waals surface area contributed by atoms with Gasteiger partial charge in [-0.15, -0.1) is 0 Å². The molecule has 2 unspecified atom stereocenters. The van der Waals surface area contributed by atoms with Gasteiger partial charge in [0, 0.05) is 30.9 Å². The van der Waals surface area contributed by atoms with Crippen molar-refractivity contribution in [3.05, 3.63) is 23.8 Å². The molecule has 0 amide bonds. The van der Waals surface area contributed by atoms with Crippen LogP contribution in [0.4, 0.5) is 11.4 Å². The average Bonchev–Trinajstić information content (AvgIpc) is 2.84. The van der Waals surface area contributed by atoms with E-state index in [0.717, 1.165) is 18.8 Å². The van der Waals surface area contributed by atoms with Crippen molar-refractivity contribution in [2.45, 2.75) is 31.8 Å². The smallest absolute Gasteiger partial charge is 0.337 e. The van der Waals surface area contributed by atoms with Gasteiger partial charge >= 0.3 is 5.97 Å². The Hall–Kier alpha value is -1.75. The van der Waals surface area contributed by atoms with E-state index < -0.39 is 5.97 Å². The maximum absolute atomic E-state index is 11.4. The quantitative estimate of drug-likeness (QED) is 0.803. The molecule has 3 N–H and O–H groups in total. The van der Waals surface area contributed by atoms with Gasteiger partial charge in [0.2, 0.25) is 0 Å². The highest BCUT2D eigenvalue weighted by Crippen LogP contribution is 2.31. The topological polar surface area (TPSA) is 69.8 Å². The lowest BCUT2D eigenvalue weighted by molar-refractivity contribution is 0.0697. The maximum Gasteiger partial charge on any atom is 0.337 e. The summed E-state index contributed by atoms with van der Waals surface area (Å²) >= 11 is 0. The number of hydrogen-bond acceptors (Lipinski definition) is 4. The molecule has 2 saturated heterocycles. The van der Waals surface area contributed by atoms with Crippen LogP contribution in [0.5, 0.6) is 0 Å². The van der Waals surface area contributed by atoms with Crippen molar-refractivity contribution in [3.8, 4) is 0 Å². The zero-order chi connectivity index (χ0) is 14.3. The number of fused-ring (bicyclic) bond motifs is 1. The molecular formula is C15H21N3O2. The van der Waals surface area contributed by atoms with Crippen LogP contribution in [0.15, 0.2) is 18.2 Å². The average molecular weight is 275 g/mol. The predicted octanol–water partition coefficient (Wildman–Crippen LogP) is 1.64. The molecule has 20 heavy (non-hydrogen) atoms. The van der Waals surface area contributed by atoms with Crippen LogP contribution < -0.4 is 10.6 Å². The summed E-state index contributed by atoms with van der Waals surface area (Å²) in [5.74, 6) is -0.888. The number of hydrogen-bond donors (Lipinski definition) is 2. The van der Waals surface area contributed by atoms with Crippen molar-refractivity contribution in [3.63, 3.8) is 0 Å². The highest BCUT2D eigenvalue weighted by Gasteiger charge is 2.35. The Balaban J connectivity index is 1.95. The number of carboxylic acids is 1. The Morgan fingerprint density at radius 1 is 1.40 bits per heavy atom. The van der Waals surface area contributed by atoms with Crippen molar-refractivity contribution in [2.24, 2.45) is 0 Å². The summed E-state index contributed by atoms with van der Waals surface area (Å²) in [6.07, 6.45) is 2.45. The number of rotatable bonds is 2. The molecule has 5 heteroatoms. The third-order valence-electron chi connectivity index (χ3n) is 4.50. The first kappa shape index (κ1) is 13.2. The number of nitrogens with zero attached hydrogens (tertiary/aromatic N) is 2. The van der Waals surface area contributed by atoms with Crippen LogP contribution in [0.25, 0.3) is 0 Å². The summed E-state index contributed by atoms with van der Waals surface area (Å²) in [6.45, 7) is 5.22. The first-order valence-electron chi connectivity index (χ1n) is 7.20. The summed E-state index contributed by atoms with van der Waals surface area (Å²) in [6, 6.07) is 5.92. The van der Waals surface area contributed by atoms with E-state index >= 15 is 0 Å². The monoisotopic (exact) mass is 275 g/mol. The molecule has 108 valence electrons. The van der Waals surface area contributed by atoms with E-state index in [0.29, 0.717) is 23.3 Å². The first-order chi connectivity index (χ1) is 9.56. The summed E-state index contributed by atoms with van der Waals surface area (Å²) in [5.41, 5.74) is 7.58. The van der Waals surface area contributed by atoms with Crippen LogP contribution in [0.1, 0.15) is 30.1 Å². The second kappa shape index (κ2) is 4.98. The van der Waals surface area contributed by atoms with Crippen LogP contribution in [-0.4, -0.2) is 47.7 Å². The molecular weight excluding hydrogens is 254 g/mol. The highest BCUT2D eigenvalue weighted by molar-refractivity contribution is 5.95. The summed E-state index contributed by atoms with van der Waals surface area (Å²) in [4.78, 5) is 16.2. The molecule has 0 bridgehead atoms. The fourth-order valence-electron chi connectivity index (χ4n) is 3.49. The first-order valence-corrected chi connectivity index (χ1v) is 7.20. The molecule has 2 aliphatic rings. The summed E-state index contributed by atoms with van der Waals surface area (Å²) in [5, 5.41) is 9.38. The molecule has 0 spiro atoms. The van der Waals surface area contributed by atoms with E-state index in [2.05, 4.69) is 16.7 Å². The number of piperazine rings is 1. The zero-order valence-electron chi connectivity index (χ0n) is 11.7. The molecule has 0 aromatic heterocycles. The number of nitrogens with two attached hydrogens (primary N) is 1. The molecule has 2 aliphatic heterocycles. The van der Waals surface area contributed by atoms with Crippen LogP contribution in [0.2, 0.25) is 0 Å². The molecule has 1 aromatic rings. The lowest BCUT2D eigenvalue weighted by atomic mass is 10.0. The molecule has 0 aliphatic carbocycles. The van der Waals surface area contributed by atoms with Gasteiger partial charge in [0.25, 0.3) is 0 Å². The Kier molecular flexibility index (Phi) is 3.30. The fourth-order valence-corrected chi connectivity index (χ4v) is 3.49. The van der Waals surface area contributed by atoms with Gasteiger partial charge in [-0.05, 0) is 44.5 Å². The zero-order valence-corrected chi connectivity index (χ0v) is 11.7. The number of carbonyl (C=O) groups is 1. The number of nitrogen functional groups attached to an aromatic ring is 1. The summed E-state index contributed by atoms with van der Waals surface area (Å²) < 4.78 is 0. The minimum absolute atomic E-state index is 0.309. The fraction of sp³-hybridized carbons (Fsp3) is 0.533. The Labute approximate surface area is 119 Å². The van der Waals surface area contributed by atoms with E-state index in [1.165, 1.54) is 19.4 Å². The maximum atomic E-state index is 11.4. The molecule has 2 atom stereocenters. The van der Waals surface area contributed by atoms with Gasteiger partial charge in [-0.25, -0.2) is 4.79 Å². The molecule has 0 radical (unpaired) electrons. The van der Waals surface area contributed by atoms with Crippen molar-refractivity contribution >= 4 is 17.3 Å². The second-order valence-electron chi connectivity index (χ2n) is 5.87. The van der Waals surface area contributed by atoms with Crippen molar-refractivity contribution in [1.82, 2.24) is 4.90 Å².